The maximum absolute atomic E-state index is 12.8. The fraction of sp³-hybridized carbons (Fsp3) is 0.417. The van der Waals surface area contributed by atoms with Gasteiger partial charge in [-0.25, -0.2) is 4.39 Å². The molecule has 4 N–H and O–H groups in total. The molecule has 0 heterocycles. The van der Waals surface area contributed by atoms with Crippen LogP contribution in [0.4, 0.5) is 15.8 Å². The van der Waals surface area contributed by atoms with Gasteiger partial charge in [-0.2, -0.15) is 0 Å². The van der Waals surface area contributed by atoms with E-state index in [0.29, 0.717) is 12.1 Å². The van der Waals surface area contributed by atoms with Crippen molar-refractivity contribution >= 4 is 29.0 Å². The maximum Gasteiger partial charge on any atom is 0.234 e. The summed E-state index contributed by atoms with van der Waals surface area (Å²) in [5.41, 5.74) is 6.20. The fourth-order valence-electron chi connectivity index (χ4n) is 1.32. The van der Waals surface area contributed by atoms with Crippen molar-refractivity contribution in [3.63, 3.8) is 0 Å². The molecule has 0 bridgehead atoms. The van der Waals surface area contributed by atoms with E-state index >= 15 is 0 Å². The highest BCUT2D eigenvalue weighted by molar-refractivity contribution is 8.00. The Bertz CT molecular complexity index is 415. The van der Waals surface area contributed by atoms with Crippen molar-refractivity contribution in [3.8, 4) is 0 Å². The highest BCUT2D eigenvalue weighted by Crippen LogP contribution is 2.20. The van der Waals surface area contributed by atoms with Crippen LogP contribution in [0.2, 0.25) is 0 Å². The maximum atomic E-state index is 12.8. The molecular weight excluding hydrogens is 255 g/mol. The van der Waals surface area contributed by atoms with Crippen molar-refractivity contribution in [1.29, 1.82) is 0 Å². The zero-order chi connectivity index (χ0) is 13.5. The monoisotopic (exact) mass is 272 g/mol. The van der Waals surface area contributed by atoms with Crippen LogP contribution in [0.3, 0.4) is 0 Å². The predicted molar refractivity (Wildman–Crippen MR) is 73.1 cm³/mol. The molecule has 1 aromatic carbocycles. The van der Waals surface area contributed by atoms with Crippen LogP contribution in [0.25, 0.3) is 0 Å². The molecule has 1 atom stereocenters. The van der Waals surface area contributed by atoms with Gasteiger partial charge in [0.1, 0.15) is 5.82 Å². The number of nitrogens with one attached hydrogen (secondary N) is 1. The predicted octanol–water partition coefficient (Wildman–Crippen LogP) is 1.85. The van der Waals surface area contributed by atoms with Crippen molar-refractivity contribution in [1.82, 2.24) is 0 Å². The number of nitrogens with two attached hydrogens (primary N) is 1. The van der Waals surface area contributed by atoms with E-state index in [2.05, 4.69) is 5.32 Å². The minimum absolute atomic E-state index is 0.112. The van der Waals surface area contributed by atoms with Crippen LogP contribution in [0.5, 0.6) is 0 Å². The van der Waals surface area contributed by atoms with Crippen LogP contribution in [0.15, 0.2) is 18.2 Å². The number of amides is 1. The first-order chi connectivity index (χ1) is 8.52. The number of hydrogen-bond acceptors (Lipinski definition) is 4. The summed E-state index contributed by atoms with van der Waals surface area (Å²) in [6.45, 7) is 2.06. The lowest BCUT2D eigenvalue weighted by atomic mass is 10.2. The largest absolute Gasteiger partial charge is 0.397 e. The van der Waals surface area contributed by atoms with Crippen molar-refractivity contribution in [2.24, 2.45) is 0 Å². The minimum Gasteiger partial charge on any atom is -0.397 e. The van der Waals surface area contributed by atoms with Crippen molar-refractivity contribution < 1.29 is 14.3 Å². The first kappa shape index (κ1) is 14.8. The fourth-order valence-corrected chi connectivity index (χ4v) is 2.10. The van der Waals surface area contributed by atoms with Crippen LogP contribution in [-0.2, 0) is 4.79 Å². The Morgan fingerprint density at radius 1 is 1.61 bits per heavy atom. The van der Waals surface area contributed by atoms with Gasteiger partial charge in [0, 0.05) is 11.9 Å². The molecule has 18 heavy (non-hydrogen) atoms. The van der Waals surface area contributed by atoms with E-state index in [0.717, 1.165) is 6.07 Å². The molecule has 0 aromatic heterocycles. The SMILES string of the molecule is CC(CCO)SCC(=O)Nc1ccc(F)cc1N. The number of carbonyl (C=O) groups excluding carboxylic acids is 1. The van der Waals surface area contributed by atoms with Crippen LogP contribution in [0.1, 0.15) is 13.3 Å². The second-order valence-electron chi connectivity index (χ2n) is 3.91. The Hall–Kier alpha value is -1.27. The van der Waals surface area contributed by atoms with Gasteiger partial charge < -0.3 is 16.2 Å². The average molecular weight is 272 g/mol. The molecule has 0 saturated heterocycles. The topological polar surface area (TPSA) is 75.3 Å². The molecule has 4 nitrogen and oxygen atoms in total. The van der Waals surface area contributed by atoms with Gasteiger partial charge in [0.25, 0.3) is 0 Å². The number of carbonyl (C=O) groups is 1. The van der Waals surface area contributed by atoms with E-state index in [9.17, 15) is 9.18 Å². The van der Waals surface area contributed by atoms with Crippen molar-refractivity contribution in [3.05, 3.63) is 24.0 Å². The normalized spacial score (nSPS) is 12.2. The molecule has 0 aliphatic carbocycles. The number of aliphatic hydroxyl groups excluding tert-OH is 1. The molecule has 0 aliphatic heterocycles. The van der Waals surface area contributed by atoms with Gasteiger partial charge in [-0.3, -0.25) is 4.79 Å². The van der Waals surface area contributed by atoms with Gasteiger partial charge in [0.05, 0.1) is 17.1 Å². The molecule has 1 rings (SSSR count). The van der Waals surface area contributed by atoms with Crippen LogP contribution in [0, 0.1) is 5.82 Å². The van der Waals surface area contributed by atoms with Crippen LogP contribution >= 0.6 is 11.8 Å². The number of thioether (sulfide) groups is 1. The summed E-state index contributed by atoms with van der Waals surface area (Å²) in [5, 5.41) is 11.6. The summed E-state index contributed by atoms with van der Waals surface area (Å²) >= 11 is 1.45. The highest BCUT2D eigenvalue weighted by atomic mass is 32.2. The number of rotatable bonds is 6. The second kappa shape index (κ2) is 7.23. The van der Waals surface area contributed by atoms with Gasteiger partial charge in [-0.15, -0.1) is 11.8 Å². The Kier molecular flexibility index (Phi) is 5.94. The number of benzene rings is 1. The zero-order valence-electron chi connectivity index (χ0n) is 10.1. The molecule has 1 aromatic rings. The Balaban J connectivity index is 2.44. The number of hydrogen-bond donors (Lipinski definition) is 3. The lowest BCUT2D eigenvalue weighted by molar-refractivity contribution is -0.113. The van der Waals surface area contributed by atoms with E-state index < -0.39 is 5.82 Å². The Morgan fingerprint density at radius 2 is 2.33 bits per heavy atom. The zero-order valence-corrected chi connectivity index (χ0v) is 11.0. The van der Waals surface area contributed by atoms with Gasteiger partial charge in [0.15, 0.2) is 0 Å². The van der Waals surface area contributed by atoms with E-state index in [1.807, 2.05) is 6.92 Å². The summed E-state index contributed by atoms with van der Waals surface area (Å²) in [7, 11) is 0. The first-order valence-corrected chi connectivity index (χ1v) is 6.65. The summed E-state index contributed by atoms with van der Waals surface area (Å²) in [6.07, 6.45) is 0.649. The third kappa shape index (κ3) is 4.93. The summed E-state index contributed by atoms with van der Waals surface area (Å²) in [4.78, 5) is 11.6. The standard InChI is InChI=1S/C12H17FN2O2S/c1-8(4-5-16)18-7-12(17)15-11-3-2-9(13)6-10(11)14/h2-3,6,8,16H,4-5,7,14H2,1H3,(H,15,17). The molecule has 0 aliphatic rings. The molecule has 0 radical (unpaired) electrons. The first-order valence-electron chi connectivity index (χ1n) is 5.60. The van der Waals surface area contributed by atoms with Gasteiger partial charge in [-0.1, -0.05) is 6.92 Å². The highest BCUT2D eigenvalue weighted by Gasteiger charge is 2.09. The van der Waals surface area contributed by atoms with Crippen molar-refractivity contribution in [2.45, 2.75) is 18.6 Å². The molecule has 0 fully saturated rings. The molecule has 1 amide bonds. The third-order valence-electron chi connectivity index (χ3n) is 2.32. The molecule has 1 unspecified atom stereocenters. The smallest absolute Gasteiger partial charge is 0.234 e. The lowest BCUT2D eigenvalue weighted by Crippen LogP contribution is -2.17. The lowest BCUT2D eigenvalue weighted by Gasteiger charge is -2.11. The van der Waals surface area contributed by atoms with Crippen LogP contribution < -0.4 is 11.1 Å². The van der Waals surface area contributed by atoms with Gasteiger partial charge >= 0.3 is 0 Å². The van der Waals surface area contributed by atoms with E-state index in [1.54, 1.807) is 0 Å². The van der Waals surface area contributed by atoms with E-state index in [4.69, 9.17) is 10.8 Å². The molecule has 6 heteroatoms. The third-order valence-corrected chi connectivity index (χ3v) is 3.56. The van der Waals surface area contributed by atoms with Gasteiger partial charge in [0.2, 0.25) is 5.91 Å². The summed E-state index contributed by atoms with van der Waals surface area (Å²) in [6, 6.07) is 3.84. The Morgan fingerprint density at radius 3 is 2.94 bits per heavy atom. The summed E-state index contributed by atoms with van der Waals surface area (Å²) in [5.74, 6) is -0.350. The van der Waals surface area contributed by atoms with Gasteiger partial charge in [-0.05, 0) is 24.6 Å². The van der Waals surface area contributed by atoms with Crippen molar-refractivity contribution in [2.75, 3.05) is 23.4 Å². The molecule has 0 spiro atoms. The average Bonchev–Trinajstić information content (AvgIpc) is 2.31. The Labute approximate surface area is 110 Å². The number of nitrogen functional groups attached to an aromatic ring is 1. The molecule has 100 valence electrons. The van der Waals surface area contributed by atoms with Crippen LogP contribution in [-0.4, -0.2) is 28.6 Å². The second-order valence-corrected chi connectivity index (χ2v) is 5.34. The summed E-state index contributed by atoms with van der Waals surface area (Å²) < 4.78 is 12.8. The van der Waals surface area contributed by atoms with E-state index in [1.165, 1.54) is 23.9 Å². The number of halogens is 1. The number of aliphatic hydroxyl groups is 1. The molecule has 0 saturated carbocycles. The quantitative estimate of drug-likeness (QED) is 0.691. The number of anilines is 2. The van der Waals surface area contributed by atoms with E-state index in [-0.39, 0.29) is 29.2 Å². The minimum atomic E-state index is -0.434. The molecular formula is C12H17FN2O2S.